The maximum absolute atomic E-state index is 12.9. The summed E-state index contributed by atoms with van der Waals surface area (Å²) in [6, 6.07) is 4.90. The smallest absolute Gasteiger partial charge is 0.416 e. The third kappa shape index (κ3) is 4.57. The minimum absolute atomic E-state index is 0.0510. The highest BCUT2D eigenvalue weighted by molar-refractivity contribution is 7.91. The summed E-state index contributed by atoms with van der Waals surface area (Å²) in [5, 5.41) is 0. The van der Waals surface area contributed by atoms with E-state index in [1.807, 2.05) is 0 Å². The van der Waals surface area contributed by atoms with Crippen LogP contribution in [0.15, 0.2) is 30.3 Å². The summed E-state index contributed by atoms with van der Waals surface area (Å²) in [5.41, 5.74) is -0.857. The summed E-state index contributed by atoms with van der Waals surface area (Å²) in [4.78, 5) is 11.8. The summed E-state index contributed by atoms with van der Waals surface area (Å²) in [5.74, 6) is -1.14. The summed E-state index contributed by atoms with van der Waals surface area (Å²) in [6.07, 6.45) is -4.11. The second kappa shape index (κ2) is 6.35. The monoisotopic (exact) mass is 348 g/mol. The number of ether oxygens (including phenoxy) is 1. The summed E-state index contributed by atoms with van der Waals surface area (Å²) >= 11 is 0. The van der Waals surface area contributed by atoms with Gasteiger partial charge in [-0.15, -0.1) is 0 Å². The first kappa shape index (κ1) is 17.5. The first-order chi connectivity index (χ1) is 10.6. The molecule has 2 rings (SSSR count). The number of esters is 1. The zero-order valence-electron chi connectivity index (χ0n) is 12.3. The lowest BCUT2D eigenvalue weighted by Crippen LogP contribution is -2.18. The fraction of sp³-hybridized carbons (Fsp3) is 0.400. The van der Waals surface area contributed by atoms with Crippen LogP contribution in [0.2, 0.25) is 0 Å². The summed E-state index contributed by atoms with van der Waals surface area (Å²) < 4.78 is 66.4. The molecule has 0 amide bonds. The molecule has 0 bridgehead atoms. The Labute approximate surface area is 131 Å². The number of benzene rings is 1. The van der Waals surface area contributed by atoms with Gasteiger partial charge in [-0.05, 0) is 30.5 Å². The molecule has 1 aromatic rings. The zero-order valence-corrected chi connectivity index (χ0v) is 13.1. The maximum atomic E-state index is 12.9. The van der Waals surface area contributed by atoms with Crippen molar-refractivity contribution < 1.29 is 31.1 Å². The van der Waals surface area contributed by atoms with E-state index in [1.54, 1.807) is 0 Å². The Balaban J connectivity index is 2.16. The van der Waals surface area contributed by atoms with Crippen LogP contribution in [0.5, 0.6) is 0 Å². The van der Waals surface area contributed by atoms with E-state index in [4.69, 9.17) is 4.74 Å². The number of alkyl halides is 3. The molecule has 1 atom stereocenters. The zero-order chi connectivity index (χ0) is 17.3. The van der Waals surface area contributed by atoms with E-state index in [1.165, 1.54) is 25.1 Å². The Morgan fingerprint density at radius 3 is 2.52 bits per heavy atom. The van der Waals surface area contributed by atoms with Crippen LogP contribution in [0, 0.1) is 0 Å². The predicted molar refractivity (Wildman–Crippen MR) is 78.2 cm³/mol. The van der Waals surface area contributed by atoms with Crippen molar-refractivity contribution in [3.8, 4) is 0 Å². The average molecular weight is 348 g/mol. The highest BCUT2D eigenvalue weighted by Crippen LogP contribution is 2.34. The van der Waals surface area contributed by atoms with Crippen LogP contribution < -0.4 is 0 Å². The molecule has 8 heteroatoms. The van der Waals surface area contributed by atoms with Gasteiger partial charge in [0.05, 0.1) is 17.1 Å². The Bertz CT molecular complexity index is 735. The van der Waals surface area contributed by atoms with Gasteiger partial charge in [0.25, 0.3) is 0 Å². The SMILES string of the molecule is C/C(=C\C(=O)OC1CCS(=O)(=O)C1)c1ccccc1C(F)(F)F. The van der Waals surface area contributed by atoms with E-state index >= 15 is 0 Å². The third-order valence-corrected chi connectivity index (χ3v) is 5.20. The van der Waals surface area contributed by atoms with E-state index in [0.717, 1.165) is 12.1 Å². The van der Waals surface area contributed by atoms with Crippen LogP contribution in [-0.2, 0) is 25.5 Å². The van der Waals surface area contributed by atoms with E-state index < -0.39 is 33.7 Å². The van der Waals surface area contributed by atoms with Crippen LogP contribution in [0.3, 0.4) is 0 Å². The van der Waals surface area contributed by atoms with Crippen molar-refractivity contribution in [2.75, 3.05) is 11.5 Å². The van der Waals surface area contributed by atoms with Gasteiger partial charge in [0.15, 0.2) is 9.84 Å². The van der Waals surface area contributed by atoms with E-state index in [9.17, 15) is 26.4 Å². The van der Waals surface area contributed by atoms with Crippen LogP contribution in [0.1, 0.15) is 24.5 Å². The van der Waals surface area contributed by atoms with Gasteiger partial charge in [-0.25, -0.2) is 13.2 Å². The fourth-order valence-corrected chi connectivity index (χ4v) is 3.97. The Morgan fingerprint density at radius 1 is 1.30 bits per heavy atom. The van der Waals surface area contributed by atoms with Crippen molar-refractivity contribution in [1.29, 1.82) is 0 Å². The highest BCUT2D eigenvalue weighted by atomic mass is 32.2. The molecule has 0 aliphatic carbocycles. The lowest BCUT2D eigenvalue weighted by atomic mass is 10.0. The number of allylic oxidation sites excluding steroid dienone is 1. The van der Waals surface area contributed by atoms with Crippen molar-refractivity contribution in [2.24, 2.45) is 0 Å². The number of hydrogen-bond donors (Lipinski definition) is 0. The maximum Gasteiger partial charge on any atom is 0.416 e. The standard InChI is InChI=1S/C15H15F3O4S/c1-10(12-4-2-3-5-13(12)15(16,17)18)8-14(19)22-11-6-7-23(20,21)9-11/h2-5,8,11H,6-7,9H2,1H3/b10-8+. The quantitative estimate of drug-likeness (QED) is 0.623. The largest absolute Gasteiger partial charge is 0.458 e. The molecule has 1 heterocycles. The van der Waals surface area contributed by atoms with Crippen LogP contribution in [0.25, 0.3) is 5.57 Å². The van der Waals surface area contributed by atoms with Crippen LogP contribution in [-0.4, -0.2) is 32.0 Å². The second-order valence-corrected chi connectivity index (χ2v) is 7.56. The van der Waals surface area contributed by atoms with Crippen molar-refractivity contribution >= 4 is 21.4 Å². The average Bonchev–Trinajstić information content (AvgIpc) is 2.76. The second-order valence-electron chi connectivity index (χ2n) is 5.33. The van der Waals surface area contributed by atoms with Gasteiger partial charge in [0, 0.05) is 6.08 Å². The van der Waals surface area contributed by atoms with Crippen molar-refractivity contribution in [3.05, 3.63) is 41.5 Å². The first-order valence-corrected chi connectivity index (χ1v) is 8.66. The molecule has 23 heavy (non-hydrogen) atoms. The molecule has 0 saturated carbocycles. The van der Waals surface area contributed by atoms with Crippen LogP contribution in [0.4, 0.5) is 13.2 Å². The van der Waals surface area contributed by atoms with Gasteiger partial charge in [-0.3, -0.25) is 0 Å². The molecular formula is C15H15F3O4S. The molecule has 0 aromatic heterocycles. The molecule has 0 spiro atoms. The minimum atomic E-state index is -4.53. The van der Waals surface area contributed by atoms with E-state index in [-0.39, 0.29) is 29.1 Å². The normalized spacial score (nSPS) is 21.2. The van der Waals surface area contributed by atoms with Crippen molar-refractivity contribution in [2.45, 2.75) is 25.6 Å². The van der Waals surface area contributed by atoms with E-state index in [0.29, 0.717) is 0 Å². The number of rotatable bonds is 3. The van der Waals surface area contributed by atoms with Gasteiger partial charge in [-0.2, -0.15) is 13.2 Å². The highest BCUT2D eigenvalue weighted by Gasteiger charge is 2.33. The molecule has 4 nitrogen and oxygen atoms in total. The molecule has 1 aromatic carbocycles. The Hall–Kier alpha value is -1.83. The molecule has 0 N–H and O–H groups in total. The molecular weight excluding hydrogens is 333 g/mol. The van der Waals surface area contributed by atoms with Crippen LogP contribution >= 0.6 is 0 Å². The summed E-state index contributed by atoms with van der Waals surface area (Å²) in [7, 11) is -3.19. The molecule has 126 valence electrons. The molecule has 1 aliphatic heterocycles. The van der Waals surface area contributed by atoms with Crippen molar-refractivity contribution in [3.63, 3.8) is 0 Å². The predicted octanol–water partition coefficient (Wildman–Crippen LogP) is 2.84. The number of sulfone groups is 1. The molecule has 0 radical (unpaired) electrons. The molecule has 1 aliphatic rings. The van der Waals surface area contributed by atoms with Gasteiger partial charge in [-0.1, -0.05) is 18.2 Å². The van der Waals surface area contributed by atoms with Gasteiger partial charge in [0.2, 0.25) is 0 Å². The van der Waals surface area contributed by atoms with Gasteiger partial charge >= 0.3 is 12.1 Å². The molecule has 1 fully saturated rings. The lowest BCUT2D eigenvalue weighted by molar-refractivity contribution is -0.142. The minimum Gasteiger partial charge on any atom is -0.458 e. The number of halogens is 3. The lowest BCUT2D eigenvalue weighted by Gasteiger charge is -2.13. The Morgan fingerprint density at radius 2 is 1.96 bits per heavy atom. The topological polar surface area (TPSA) is 60.4 Å². The third-order valence-electron chi connectivity index (χ3n) is 3.47. The number of carbonyl (C=O) groups is 1. The molecule has 1 unspecified atom stereocenters. The fourth-order valence-electron chi connectivity index (χ4n) is 2.38. The number of hydrogen-bond acceptors (Lipinski definition) is 4. The first-order valence-electron chi connectivity index (χ1n) is 6.84. The van der Waals surface area contributed by atoms with Crippen molar-refractivity contribution in [1.82, 2.24) is 0 Å². The molecule has 1 saturated heterocycles. The number of carbonyl (C=O) groups excluding carboxylic acids is 1. The van der Waals surface area contributed by atoms with Gasteiger partial charge < -0.3 is 4.74 Å². The summed E-state index contributed by atoms with van der Waals surface area (Å²) in [6.45, 7) is 1.37. The van der Waals surface area contributed by atoms with Gasteiger partial charge in [0.1, 0.15) is 6.10 Å². The Kier molecular flexibility index (Phi) is 4.84. The van der Waals surface area contributed by atoms with E-state index in [2.05, 4.69) is 0 Å².